The lowest BCUT2D eigenvalue weighted by molar-refractivity contribution is -0.402. The minimum atomic E-state index is -0.531. The van der Waals surface area contributed by atoms with E-state index in [1.54, 1.807) is 6.07 Å². The van der Waals surface area contributed by atoms with E-state index in [4.69, 9.17) is 4.42 Å². The second-order valence-electron chi connectivity index (χ2n) is 5.19. The van der Waals surface area contributed by atoms with Crippen molar-refractivity contribution in [3.05, 3.63) is 33.6 Å². The van der Waals surface area contributed by atoms with E-state index in [0.29, 0.717) is 5.76 Å². The number of nitrogens with zero attached hydrogens (tertiary/aromatic N) is 1. The molecule has 1 aromatic rings. The third-order valence-electron chi connectivity index (χ3n) is 2.44. The SMILES string of the molecule is CCC(=Cc1ccc([N+](=O)[O-])o1)CNC(C)(C)C. The molecular formula is C13H20N2O3. The van der Waals surface area contributed by atoms with E-state index in [1.165, 1.54) is 6.07 Å². The van der Waals surface area contributed by atoms with Crippen LogP contribution in [-0.2, 0) is 0 Å². The molecule has 5 nitrogen and oxygen atoms in total. The van der Waals surface area contributed by atoms with Crippen molar-refractivity contribution < 1.29 is 9.34 Å². The van der Waals surface area contributed by atoms with Gasteiger partial charge in [-0.15, -0.1) is 0 Å². The number of furan rings is 1. The molecule has 0 aliphatic carbocycles. The minimum absolute atomic E-state index is 0.0451. The summed E-state index contributed by atoms with van der Waals surface area (Å²) in [4.78, 5) is 9.97. The van der Waals surface area contributed by atoms with Gasteiger partial charge in [0.15, 0.2) is 0 Å². The molecule has 0 amide bonds. The second kappa shape index (κ2) is 5.82. The molecule has 5 heteroatoms. The van der Waals surface area contributed by atoms with Gasteiger partial charge < -0.3 is 9.73 Å². The highest BCUT2D eigenvalue weighted by atomic mass is 16.6. The normalized spacial score (nSPS) is 12.8. The average Bonchev–Trinajstić information content (AvgIpc) is 2.71. The third kappa shape index (κ3) is 4.71. The van der Waals surface area contributed by atoms with Gasteiger partial charge in [-0.3, -0.25) is 10.1 Å². The minimum Gasteiger partial charge on any atom is -0.401 e. The zero-order valence-corrected chi connectivity index (χ0v) is 11.3. The van der Waals surface area contributed by atoms with E-state index in [9.17, 15) is 10.1 Å². The Labute approximate surface area is 107 Å². The zero-order chi connectivity index (χ0) is 13.8. The Morgan fingerprint density at radius 3 is 2.61 bits per heavy atom. The van der Waals surface area contributed by atoms with Crippen LogP contribution < -0.4 is 5.32 Å². The summed E-state index contributed by atoms with van der Waals surface area (Å²) in [5.74, 6) is 0.301. The predicted molar refractivity (Wildman–Crippen MR) is 71.4 cm³/mol. The van der Waals surface area contributed by atoms with Crippen molar-refractivity contribution in [1.29, 1.82) is 0 Å². The highest BCUT2D eigenvalue weighted by molar-refractivity contribution is 5.49. The molecule has 0 radical (unpaired) electrons. The van der Waals surface area contributed by atoms with Gasteiger partial charge in [0.25, 0.3) is 0 Å². The highest BCUT2D eigenvalue weighted by Crippen LogP contribution is 2.19. The van der Waals surface area contributed by atoms with Crippen LogP contribution in [0.3, 0.4) is 0 Å². The Hall–Kier alpha value is -1.62. The van der Waals surface area contributed by atoms with Gasteiger partial charge in [-0.05, 0) is 39.3 Å². The van der Waals surface area contributed by atoms with Crippen molar-refractivity contribution in [2.24, 2.45) is 0 Å². The number of rotatable bonds is 5. The van der Waals surface area contributed by atoms with Crippen LogP contribution in [0.4, 0.5) is 5.88 Å². The first-order valence-corrected chi connectivity index (χ1v) is 6.00. The molecule has 0 aliphatic heterocycles. The second-order valence-corrected chi connectivity index (χ2v) is 5.19. The van der Waals surface area contributed by atoms with Crippen LogP contribution in [-0.4, -0.2) is 17.0 Å². The molecule has 0 unspecified atom stereocenters. The summed E-state index contributed by atoms with van der Waals surface area (Å²) in [6.45, 7) is 9.08. The molecule has 0 spiro atoms. The molecule has 0 aromatic carbocycles. The summed E-state index contributed by atoms with van der Waals surface area (Å²) >= 11 is 0. The highest BCUT2D eigenvalue weighted by Gasteiger charge is 2.12. The van der Waals surface area contributed by atoms with E-state index in [-0.39, 0.29) is 11.4 Å². The van der Waals surface area contributed by atoms with Crippen molar-refractivity contribution in [3.63, 3.8) is 0 Å². The lowest BCUT2D eigenvalue weighted by Gasteiger charge is -2.21. The zero-order valence-electron chi connectivity index (χ0n) is 11.3. The van der Waals surface area contributed by atoms with Crippen molar-refractivity contribution >= 4 is 12.0 Å². The maximum Gasteiger partial charge on any atom is 0.433 e. The Morgan fingerprint density at radius 1 is 1.50 bits per heavy atom. The van der Waals surface area contributed by atoms with Crippen LogP contribution in [0, 0.1) is 10.1 Å². The van der Waals surface area contributed by atoms with Crippen LogP contribution in [0.1, 0.15) is 39.9 Å². The molecule has 100 valence electrons. The first-order valence-electron chi connectivity index (χ1n) is 6.00. The average molecular weight is 252 g/mol. The monoisotopic (exact) mass is 252 g/mol. The summed E-state index contributed by atoms with van der Waals surface area (Å²) in [7, 11) is 0. The Kier molecular flexibility index (Phi) is 4.67. The van der Waals surface area contributed by atoms with Crippen LogP contribution in [0.25, 0.3) is 6.08 Å². The van der Waals surface area contributed by atoms with Gasteiger partial charge in [0.05, 0.1) is 6.07 Å². The third-order valence-corrected chi connectivity index (χ3v) is 2.44. The standard InChI is InChI=1S/C13H20N2O3/c1-5-10(9-14-13(2,3)4)8-11-6-7-12(18-11)15(16)17/h6-8,14H,5,9H2,1-4H3. The van der Waals surface area contributed by atoms with Crippen LogP contribution >= 0.6 is 0 Å². The van der Waals surface area contributed by atoms with E-state index >= 15 is 0 Å². The van der Waals surface area contributed by atoms with Crippen molar-refractivity contribution in [1.82, 2.24) is 5.32 Å². The van der Waals surface area contributed by atoms with Crippen LogP contribution in [0.2, 0.25) is 0 Å². The lowest BCUT2D eigenvalue weighted by atomic mass is 10.1. The quantitative estimate of drug-likeness (QED) is 0.644. The summed E-state index contributed by atoms with van der Waals surface area (Å²) in [5, 5.41) is 13.9. The van der Waals surface area contributed by atoms with E-state index < -0.39 is 4.92 Å². The molecular weight excluding hydrogens is 232 g/mol. The van der Waals surface area contributed by atoms with E-state index in [0.717, 1.165) is 18.5 Å². The maximum absolute atomic E-state index is 10.5. The predicted octanol–water partition coefficient (Wildman–Crippen LogP) is 3.37. The van der Waals surface area contributed by atoms with Gasteiger partial charge in [-0.2, -0.15) is 0 Å². The van der Waals surface area contributed by atoms with Crippen molar-refractivity contribution in [3.8, 4) is 0 Å². The summed E-state index contributed by atoms with van der Waals surface area (Å²) in [6.07, 6.45) is 2.73. The molecule has 1 heterocycles. The van der Waals surface area contributed by atoms with Crippen LogP contribution in [0.15, 0.2) is 22.1 Å². The van der Waals surface area contributed by atoms with E-state index in [2.05, 4.69) is 26.1 Å². The van der Waals surface area contributed by atoms with Gasteiger partial charge in [0.1, 0.15) is 10.7 Å². The van der Waals surface area contributed by atoms with Crippen molar-refractivity contribution in [2.75, 3.05) is 6.54 Å². The lowest BCUT2D eigenvalue weighted by Crippen LogP contribution is -2.36. The largest absolute Gasteiger partial charge is 0.433 e. The van der Waals surface area contributed by atoms with Crippen LogP contribution in [0.5, 0.6) is 0 Å². The van der Waals surface area contributed by atoms with Gasteiger partial charge in [0.2, 0.25) is 0 Å². The molecule has 0 saturated heterocycles. The van der Waals surface area contributed by atoms with Gasteiger partial charge in [-0.25, -0.2) is 0 Å². The van der Waals surface area contributed by atoms with Crippen molar-refractivity contribution in [2.45, 2.75) is 39.7 Å². The van der Waals surface area contributed by atoms with E-state index in [1.807, 2.05) is 13.0 Å². The summed E-state index contributed by atoms with van der Waals surface area (Å²) in [5.41, 5.74) is 1.19. The Morgan fingerprint density at radius 2 is 2.17 bits per heavy atom. The Balaban J connectivity index is 2.74. The van der Waals surface area contributed by atoms with Gasteiger partial charge in [0, 0.05) is 12.1 Å². The topological polar surface area (TPSA) is 68.3 Å². The molecule has 0 aliphatic rings. The molecule has 1 aromatic heterocycles. The smallest absolute Gasteiger partial charge is 0.401 e. The first kappa shape index (κ1) is 14.4. The summed E-state index contributed by atoms with van der Waals surface area (Å²) < 4.78 is 5.11. The number of hydrogen-bond donors (Lipinski definition) is 1. The Bertz CT molecular complexity index is 441. The number of hydrogen-bond acceptors (Lipinski definition) is 4. The molecule has 0 saturated carbocycles. The van der Waals surface area contributed by atoms with Gasteiger partial charge >= 0.3 is 5.88 Å². The summed E-state index contributed by atoms with van der Waals surface area (Å²) in [6, 6.07) is 2.99. The molecule has 0 bridgehead atoms. The number of nitrogens with one attached hydrogen (secondary N) is 1. The fraction of sp³-hybridized carbons (Fsp3) is 0.538. The number of nitro groups is 1. The van der Waals surface area contributed by atoms with Gasteiger partial charge in [-0.1, -0.05) is 12.5 Å². The fourth-order valence-electron chi connectivity index (χ4n) is 1.38. The maximum atomic E-state index is 10.5. The molecule has 18 heavy (non-hydrogen) atoms. The fourth-order valence-corrected chi connectivity index (χ4v) is 1.38. The molecule has 1 rings (SSSR count). The molecule has 1 N–H and O–H groups in total. The molecule has 0 atom stereocenters. The molecule has 0 fully saturated rings. The first-order chi connectivity index (χ1) is 8.31.